The first kappa shape index (κ1) is 18.5. The zero-order valence-corrected chi connectivity index (χ0v) is 15.4. The second-order valence-electron chi connectivity index (χ2n) is 7.98. The standard InChI is InChI=1S/C18H29N3O3/c1-12-10-15(20-24-12)19-16(22)11-21(5)17(23)13-6-8-14(9-7-13)18(2,3)4/h10,13-14H,6-9,11H2,1-5H3,(H,19,20,22). The summed E-state index contributed by atoms with van der Waals surface area (Å²) >= 11 is 0. The molecule has 1 aromatic heterocycles. The zero-order valence-electron chi connectivity index (χ0n) is 15.4. The van der Waals surface area contributed by atoms with Crippen molar-refractivity contribution in [3.8, 4) is 0 Å². The SMILES string of the molecule is Cc1cc(NC(=O)CN(C)C(=O)C2CCC(C(C)(C)C)CC2)no1. The van der Waals surface area contributed by atoms with Crippen LogP contribution in [0.5, 0.6) is 0 Å². The summed E-state index contributed by atoms with van der Waals surface area (Å²) in [5.41, 5.74) is 0.301. The molecule has 24 heavy (non-hydrogen) atoms. The fraction of sp³-hybridized carbons (Fsp3) is 0.722. The molecule has 0 aliphatic heterocycles. The maximum Gasteiger partial charge on any atom is 0.245 e. The molecular weight excluding hydrogens is 306 g/mol. The van der Waals surface area contributed by atoms with Crippen molar-refractivity contribution in [1.82, 2.24) is 10.1 Å². The molecule has 0 unspecified atom stereocenters. The zero-order chi connectivity index (χ0) is 17.9. The van der Waals surface area contributed by atoms with E-state index in [1.54, 1.807) is 20.0 Å². The van der Waals surface area contributed by atoms with Gasteiger partial charge in [0.05, 0.1) is 6.54 Å². The molecule has 1 aromatic rings. The van der Waals surface area contributed by atoms with Crippen molar-refractivity contribution < 1.29 is 14.1 Å². The molecule has 1 fully saturated rings. The van der Waals surface area contributed by atoms with Crippen LogP contribution in [0, 0.1) is 24.2 Å². The van der Waals surface area contributed by atoms with Gasteiger partial charge in [0.2, 0.25) is 11.8 Å². The van der Waals surface area contributed by atoms with Gasteiger partial charge in [-0.25, -0.2) is 0 Å². The molecule has 134 valence electrons. The first-order valence-corrected chi connectivity index (χ1v) is 8.65. The molecule has 2 amide bonds. The normalized spacial score (nSPS) is 21.4. The van der Waals surface area contributed by atoms with Gasteiger partial charge in [-0.15, -0.1) is 0 Å². The number of rotatable bonds is 4. The minimum atomic E-state index is -0.262. The lowest BCUT2D eigenvalue weighted by Crippen LogP contribution is -2.40. The van der Waals surface area contributed by atoms with Gasteiger partial charge in [-0.1, -0.05) is 25.9 Å². The lowest BCUT2D eigenvalue weighted by molar-refractivity contribution is -0.138. The molecule has 0 radical (unpaired) electrons. The number of aryl methyl sites for hydroxylation is 1. The van der Waals surface area contributed by atoms with E-state index in [-0.39, 0.29) is 24.3 Å². The summed E-state index contributed by atoms with van der Waals surface area (Å²) in [5, 5.41) is 6.36. The molecule has 6 heteroatoms. The van der Waals surface area contributed by atoms with Crippen molar-refractivity contribution in [3.63, 3.8) is 0 Å². The first-order valence-electron chi connectivity index (χ1n) is 8.65. The Kier molecular flexibility index (Phi) is 5.67. The summed E-state index contributed by atoms with van der Waals surface area (Å²) in [7, 11) is 1.69. The number of amides is 2. The monoisotopic (exact) mass is 335 g/mol. The lowest BCUT2D eigenvalue weighted by Gasteiger charge is -2.37. The van der Waals surface area contributed by atoms with Crippen molar-refractivity contribution >= 4 is 17.6 Å². The second-order valence-corrected chi connectivity index (χ2v) is 7.98. The van der Waals surface area contributed by atoms with Crippen LogP contribution in [0.1, 0.15) is 52.2 Å². The van der Waals surface area contributed by atoms with Gasteiger partial charge in [0.25, 0.3) is 0 Å². The summed E-state index contributed by atoms with van der Waals surface area (Å²) in [6.45, 7) is 8.59. The van der Waals surface area contributed by atoms with Crippen molar-refractivity contribution in [2.24, 2.45) is 17.3 Å². The first-order chi connectivity index (χ1) is 11.2. The number of nitrogens with one attached hydrogen (secondary N) is 1. The van der Waals surface area contributed by atoms with Crippen LogP contribution in [0.15, 0.2) is 10.6 Å². The third-order valence-electron chi connectivity index (χ3n) is 4.95. The molecule has 0 atom stereocenters. The molecule has 1 N–H and O–H groups in total. The minimum absolute atomic E-state index is 0.0317. The van der Waals surface area contributed by atoms with Crippen molar-refractivity contribution in [1.29, 1.82) is 0 Å². The average molecular weight is 335 g/mol. The molecule has 0 aromatic carbocycles. The van der Waals surface area contributed by atoms with Gasteiger partial charge >= 0.3 is 0 Å². The topological polar surface area (TPSA) is 75.4 Å². The van der Waals surface area contributed by atoms with Gasteiger partial charge in [0.1, 0.15) is 5.76 Å². The Labute approximate surface area is 143 Å². The highest BCUT2D eigenvalue weighted by molar-refractivity contribution is 5.94. The molecule has 0 saturated heterocycles. The highest BCUT2D eigenvalue weighted by Gasteiger charge is 2.33. The number of aromatic nitrogens is 1. The maximum atomic E-state index is 12.6. The molecule has 1 saturated carbocycles. The quantitative estimate of drug-likeness (QED) is 0.916. The van der Waals surface area contributed by atoms with Gasteiger partial charge in [-0.05, 0) is 43.9 Å². The van der Waals surface area contributed by atoms with E-state index in [0.717, 1.165) is 25.7 Å². The Bertz CT molecular complexity index is 581. The number of carbonyl (C=O) groups excluding carboxylic acids is 2. The number of hydrogen-bond acceptors (Lipinski definition) is 4. The highest BCUT2D eigenvalue weighted by Crippen LogP contribution is 2.40. The Hall–Kier alpha value is -1.85. The summed E-state index contributed by atoms with van der Waals surface area (Å²) in [6.07, 6.45) is 3.99. The van der Waals surface area contributed by atoms with Crippen LogP contribution in [-0.4, -0.2) is 35.5 Å². The number of carbonyl (C=O) groups is 2. The Morgan fingerprint density at radius 3 is 2.42 bits per heavy atom. The van der Waals surface area contributed by atoms with E-state index in [2.05, 4.69) is 31.2 Å². The van der Waals surface area contributed by atoms with E-state index in [0.29, 0.717) is 22.9 Å². The van der Waals surface area contributed by atoms with Crippen molar-refractivity contribution in [3.05, 3.63) is 11.8 Å². The van der Waals surface area contributed by atoms with Crippen molar-refractivity contribution in [2.45, 2.75) is 53.4 Å². The maximum absolute atomic E-state index is 12.6. The van der Waals surface area contributed by atoms with Gasteiger partial charge in [0.15, 0.2) is 5.82 Å². The largest absolute Gasteiger partial charge is 0.360 e. The fourth-order valence-electron chi connectivity index (χ4n) is 3.42. The molecule has 2 rings (SSSR count). The van der Waals surface area contributed by atoms with Crippen LogP contribution in [-0.2, 0) is 9.59 Å². The fourth-order valence-corrected chi connectivity index (χ4v) is 3.42. The molecule has 1 heterocycles. The van der Waals surface area contributed by atoms with E-state index in [1.807, 2.05) is 0 Å². The minimum Gasteiger partial charge on any atom is -0.360 e. The highest BCUT2D eigenvalue weighted by atomic mass is 16.5. The van der Waals surface area contributed by atoms with E-state index in [1.165, 1.54) is 4.90 Å². The summed E-state index contributed by atoms with van der Waals surface area (Å²) in [6, 6.07) is 1.65. The molecule has 1 aliphatic carbocycles. The second kappa shape index (κ2) is 7.36. The molecule has 6 nitrogen and oxygen atoms in total. The number of hydrogen-bond donors (Lipinski definition) is 1. The summed E-state index contributed by atoms with van der Waals surface area (Å²) in [4.78, 5) is 26.1. The summed E-state index contributed by atoms with van der Waals surface area (Å²) in [5.74, 6) is 1.52. The van der Waals surface area contributed by atoms with Crippen LogP contribution < -0.4 is 5.32 Å². The van der Waals surface area contributed by atoms with E-state index in [4.69, 9.17) is 4.52 Å². The predicted molar refractivity (Wildman–Crippen MR) is 92.4 cm³/mol. The van der Waals surface area contributed by atoms with Crippen LogP contribution in [0.2, 0.25) is 0 Å². The van der Waals surface area contributed by atoms with Gasteiger partial charge in [-0.3, -0.25) is 9.59 Å². The molecule has 0 bridgehead atoms. The smallest absolute Gasteiger partial charge is 0.245 e. The lowest BCUT2D eigenvalue weighted by atomic mass is 9.69. The Morgan fingerprint density at radius 2 is 1.92 bits per heavy atom. The Morgan fingerprint density at radius 1 is 1.29 bits per heavy atom. The van der Waals surface area contributed by atoms with E-state index < -0.39 is 0 Å². The predicted octanol–water partition coefficient (Wildman–Crippen LogP) is 3.23. The summed E-state index contributed by atoms with van der Waals surface area (Å²) < 4.78 is 4.91. The van der Waals surface area contributed by atoms with Gasteiger partial charge < -0.3 is 14.7 Å². The molecular formula is C18H29N3O3. The van der Waals surface area contributed by atoms with Gasteiger partial charge in [-0.2, -0.15) is 0 Å². The third-order valence-corrected chi connectivity index (χ3v) is 4.95. The van der Waals surface area contributed by atoms with Gasteiger partial charge in [0, 0.05) is 19.0 Å². The van der Waals surface area contributed by atoms with Crippen LogP contribution in [0.25, 0.3) is 0 Å². The molecule has 1 aliphatic rings. The Balaban J connectivity index is 1.81. The average Bonchev–Trinajstić information content (AvgIpc) is 2.90. The van der Waals surface area contributed by atoms with Crippen LogP contribution >= 0.6 is 0 Å². The van der Waals surface area contributed by atoms with Crippen LogP contribution in [0.4, 0.5) is 5.82 Å². The third kappa shape index (κ3) is 4.82. The number of likely N-dealkylation sites (N-methyl/N-ethyl adjacent to an activating group) is 1. The number of nitrogens with zero attached hydrogens (tertiary/aromatic N) is 2. The molecule has 0 spiro atoms. The van der Waals surface area contributed by atoms with E-state index >= 15 is 0 Å². The number of anilines is 1. The van der Waals surface area contributed by atoms with Crippen LogP contribution in [0.3, 0.4) is 0 Å². The van der Waals surface area contributed by atoms with Crippen molar-refractivity contribution in [2.75, 3.05) is 18.9 Å². The van der Waals surface area contributed by atoms with E-state index in [9.17, 15) is 9.59 Å².